The Morgan fingerprint density at radius 2 is 2.00 bits per heavy atom. The highest BCUT2D eigenvalue weighted by Crippen LogP contribution is 2.36. The van der Waals surface area contributed by atoms with Crippen LogP contribution in [0.1, 0.15) is 41.2 Å². The summed E-state index contributed by atoms with van der Waals surface area (Å²) in [5.74, 6) is -0.0896. The predicted molar refractivity (Wildman–Crippen MR) is 71.3 cm³/mol. The SMILES string of the molecule is COC(=O)C(O)c1c(OC)cc2c(c1C)CCCC2. The summed E-state index contributed by atoms with van der Waals surface area (Å²) in [4.78, 5) is 11.6. The number of esters is 1. The number of aliphatic hydroxyl groups excluding tert-OH is 1. The lowest BCUT2D eigenvalue weighted by atomic mass is 9.84. The number of carbonyl (C=O) groups is 1. The standard InChI is InChI=1S/C15H20O4/c1-9-11-7-5-4-6-10(11)8-12(18-2)13(9)14(16)15(17)19-3/h8,14,16H,4-7H2,1-3H3. The maximum atomic E-state index is 11.6. The van der Waals surface area contributed by atoms with Crippen LogP contribution in [0.3, 0.4) is 0 Å². The molecule has 0 aliphatic heterocycles. The van der Waals surface area contributed by atoms with E-state index in [1.54, 1.807) is 7.11 Å². The van der Waals surface area contributed by atoms with E-state index in [4.69, 9.17) is 4.74 Å². The van der Waals surface area contributed by atoms with Crippen LogP contribution in [-0.2, 0) is 22.4 Å². The summed E-state index contributed by atoms with van der Waals surface area (Å²) in [6.45, 7) is 1.94. The van der Waals surface area contributed by atoms with Gasteiger partial charge < -0.3 is 14.6 Å². The van der Waals surface area contributed by atoms with Crippen molar-refractivity contribution in [2.75, 3.05) is 14.2 Å². The number of hydrogen-bond acceptors (Lipinski definition) is 4. The fraction of sp³-hybridized carbons (Fsp3) is 0.533. The van der Waals surface area contributed by atoms with Crippen LogP contribution in [0.2, 0.25) is 0 Å². The molecule has 0 saturated heterocycles. The van der Waals surface area contributed by atoms with E-state index < -0.39 is 12.1 Å². The third-order valence-electron chi connectivity index (χ3n) is 3.86. The van der Waals surface area contributed by atoms with Crippen molar-refractivity contribution >= 4 is 5.97 Å². The molecule has 1 aliphatic carbocycles. The van der Waals surface area contributed by atoms with Gasteiger partial charge in [-0.3, -0.25) is 0 Å². The zero-order valence-electron chi connectivity index (χ0n) is 11.7. The Morgan fingerprint density at radius 1 is 1.32 bits per heavy atom. The van der Waals surface area contributed by atoms with Gasteiger partial charge in [0.1, 0.15) is 5.75 Å². The number of methoxy groups -OCH3 is 2. The Labute approximate surface area is 113 Å². The molecule has 19 heavy (non-hydrogen) atoms. The molecule has 1 N–H and O–H groups in total. The fourth-order valence-electron chi connectivity index (χ4n) is 2.84. The van der Waals surface area contributed by atoms with Crippen LogP contribution in [0.5, 0.6) is 5.75 Å². The van der Waals surface area contributed by atoms with Gasteiger partial charge in [0.2, 0.25) is 0 Å². The number of carbonyl (C=O) groups excluding carboxylic acids is 1. The summed E-state index contributed by atoms with van der Waals surface area (Å²) in [6.07, 6.45) is 3.06. The van der Waals surface area contributed by atoms with E-state index in [0.29, 0.717) is 11.3 Å². The van der Waals surface area contributed by atoms with Crippen LogP contribution >= 0.6 is 0 Å². The van der Waals surface area contributed by atoms with Crippen LogP contribution in [0.4, 0.5) is 0 Å². The Morgan fingerprint density at radius 3 is 2.63 bits per heavy atom. The van der Waals surface area contributed by atoms with Crippen LogP contribution in [-0.4, -0.2) is 25.3 Å². The van der Waals surface area contributed by atoms with Crippen molar-refractivity contribution in [3.8, 4) is 5.75 Å². The molecule has 1 atom stereocenters. The molecule has 1 aromatic rings. The first kappa shape index (κ1) is 13.9. The van der Waals surface area contributed by atoms with Gasteiger partial charge in [-0.25, -0.2) is 4.79 Å². The highest BCUT2D eigenvalue weighted by Gasteiger charge is 2.27. The summed E-state index contributed by atoms with van der Waals surface area (Å²) < 4.78 is 9.96. The van der Waals surface area contributed by atoms with Crippen molar-refractivity contribution in [3.63, 3.8) is 0 Å². The Balaban J connectivity index is 2.55. The number of benzene rings is 1. The maximum Gasteiger partial charge on any atom is 0.339 e. The smallest absolute Gasteiger partial charge is 0.339 e. The molecular weight excluding hydrogens is 244 g/mol. The number of rotatable bonds is 3. The molecule has 1 aliphatic rings. The van der Waals surface area contributed by atoms with Gasteiger partial charge in [-0.2, -0.15) is 0 Å². The summed E-state index contributed by atoms with van der Waals surface area (Å²) in [7, 11) is 2.82. The van der Waals surface area contributed by atoms with Gasteiger partial charge in [0.25, 0.3) is 0 Å². The number of fused-ring (bicyclic) bond motifs is 1. The molecule has 4 heteroatoms. The second-order valence-corrected chi connectivity index (χ2v) is 4.89. The average molecular weight is 264 g/mol. The molecule has 0 bridgehead atoms. The summed E-state index contributed by atoms with van der Waals surface area (Å²) in [5.41, 5.74) is 3.99. The number of aryl methyl sites for hydroxylation is 1. The molecule has 1 aromatic carbocycles. The number of ether oxygens (including phenoxy) is 2. The number of aliphatic hydroxyl groups is 1. The van der Waals surface area contributed by atoms with Gasteiger partial charge in [-0.1, -0.05) is 0 Å². The van der Waals surface area contributed by atoms with Crippen LogP contribution in [0.15, 0.2) is 6.07 Å². The van der Waals surface area contributed by atoms with E-state index in [2.05, 4.69) is 4.74 Å². The Hall–Kier alpha value is -1.55. The van der Waals surface area contributed by atoms with Gasteiger partial charge in [0.05, 0.1) is 14.2 Å². The molecule has 0 saturated carbocycles. The molecule has 1 unspecified atom stereocenters. The van der Waals surface area contributed by atoms with Crippen LogP contribution in [0, 0.1) is 6.92 Å². The lowest BCUT2D eigenvalue weighted by Gasteiger charge is -2.24. The largest absolute Gasteiger partial charge is 0.496 e. The number of hydrogen-bond donors (Lipinski definition) is 1. The fourth-order valence-corrected chi connectivity index (χ4v) is 2.84. The van der Waals surface area contributed by atoms with E-state index >= 15 is 0 Å². The second kappa shape index (κ2) is 5.61. The first-order chi connectivity index (χ1) is 9.10. The van der Waals surface area contributed by atoms with Crippen molar-refractivity contribution in [2.45, 2.75) is 38.7 Å². The molecule has 104 valence electrons. The lowest BCUT2D eigenvalue weighted by molar-refractivity contribution is -0.150. The highest BCUT2D eigenvalue weighted by molar-refractivity contribution is 5.78. The zero-order chi connectivity index (χ0) is 14.0. The van der Waals surface area contributed by atoms with Crippen molar-refractivity contribution < 1.29 is 19.4 Å². The quantitative estimate of drug-likeness (QED) is 0.849. The van der Waals surface area contributed by atoms with Crippen molar-refractivity contribution in [3.05, 3.63) is 28.3 Å². The Kier molecular flexibility index (Phi) is 4.10. The third-order valence-corrected chi connectivity index (χ3v) is 3.86. The minimum absolute atomic E-state index is 0.537. The third kappa shape index (κ3) is 2.45. The van der Waals surface area contributed by atoms with E-state index in [0.717, 1.165) is 24.8 Å². The minimum atomic E-state index is -1.29. The summed E-state index contributed by atoms with van der Waals surface area (Å²) in [6, 6.07) is 1.95. The topological polar surface area (TPSA) is 55.8 Å². The van der Waals surface area contributed by atoms with E-state index in [-0.39, 0.29) is 0 Å². The summed E-state index contributed by atoms with van der Waals surface area (Å²) >= 11 is 0. The average Bonchev–Trinajstić information content (AvgIpc) is 2.45. The van der Waals surface area contributed by atoms with Gasteiger partial charge >= 0.3 is 5.97 Å². The normalized spacial score (nSPS) is 15.6. The first-order valence-corrected chi connectivity index (χ1v) is 6.55. The molecule has 4 nitrogen and oxygen atoms in total. The molecule has 0 heterocycles. The minimum Gasteiger partial charge on any atom is -0.496 e. The molecule has 0 amide bonds. The molecule has 0 spiro atoms. The van der Waals surface area contributed by atoms with Gasteiger partial charge in [0.15, 0.2) is 6.10 Å². The predicted octanol–water partition coefficient (Wildman–Crippen LogP) is 2.09. The van der Waals surface area contributed by atoms with Crippen molar-refractivity contribution in [2.24, 2.45) is 0 Å². The van der Waals surface area contributed by atoms with E-state index in [9.17, 15) is 9.90 Å². The molecule has 0 fully saturated rings. The molecule has 0 radical (unpaired) electrons. The monoisotopic (exact) mass is 264 g/mol. The van der Waals surface area contributed by atoms with Gasteiger partial charge in [-0.15, -0.1) is 0 Å². The second-order valence-electron chi connectivity index (χ2n) is 4.89. The van der Waals surface area contributed by atoms with Crippen LogP contribution in [0.25, 0.3) is 0 Å². The van der Waals surface area contributed by atoms with Crippen molar-refractivity contribution in [1.29, 1.82) is 0 Å². The zero-order valence-corrected chi connectivity index (χ0v) is 11.7. The van der Waals surface area contributed by atoms with E-state index in [1.165, 1.54) is 24.7 Å². The van der Waals surface area contributed by atoms with Crippen molar-refractivity contribution in [1.82, 2.24) is 0 Å². The molecule has 2 rings (SSSR count). The van der Waals surface area contributed by atoms with Crippen LogP contribution < -0.4 is 4.74 Å². The van der Waals surface area contributed by atoms with Gasteiger partial charge in [0, 0.05) is 5.56 Å². The Bertz CT molecular complexity index is 493. The molecular formula is C15H20O4. The maximum absolute atomic E-state index is 11.6. The van der Waals surface area contributed by atoms with Gasteiger partial charge in [-0.05, 0) is 55.4 Å². The summed E-state index contributed by atoms with van der Waals surface area (Å²) in [5, 5.41) is 10.1. The molecule has 0 aromatic heterocycles. The van der Waals surface area contributed by atoms with E-state index in [1.807, 2.05) is 13.0 Å². The highest BCUT2D eigenvalue weighted by atomic mass is 16.5. The lowest BCUT2D eigenvalue weighted by Crippen LogP contribution is -2.18. The first-order valence-electron chi connectivity index (χ1n) is 6.55.